The maximum Gasteiger partial charge on any atom is 0.262 e. The lowest BCUT2D eigenvalue weighted by Gasteiger charge is -2.27. The van der Waals surface area contributed by atoms with E-state index in [1.54, 1.807) is 61.8 Å². The Labute approximate surface area is 378 Å². The molecule has 6 amide bonds. The van der Waals surface area contributed by atoms with Gasteiger partial charge in [0.1, 0.15) is 34.5 Å². The van der Waals surface area contributed by atoms with Crippen molar-refractivity contribution >= 4 is 63.4 Å². The van der Waals surface area contributed by atoms with Gasteiger partial charge < -0.3 is 39.6 Å². The highest BCUT2D eigenvalue weighted by molar-refractivity contribution is 6.24. The summed E-state index contributed by atoms with van der Waals surface area (Å²) in [7, 11) is 1.58. The molecule has 1 aliphatic carbocycles. The number of carbonyl (C=O) groups excluding carboxylic acids is 6. The lowest BCUT2D eigenvalue weighted by molar-refractivity contribution is -0.136. The van der Waals surface area contributed by atoms with Crippen LogP contribution < -0.4 is 30.7 Å². The third-order valence-corrected chi connectivity index (χ3v) is 11.4. The number of piperidine rings is 1. The lowest BCUT2D eigenvalue weighted by atomic mass is 10.0. The SMILES string of the molecule is COc1cc2c(Oc3ccc(NC(=O)C4(C(=O)Nc5ccc(F)cc5)CC4)cc3)ccnc2cc1COCCOCCCOCCNc1ccc2c(c1)C(=O)N(C1CCC(=O)NC1=O)C2=O. The summed E-state index contributed by atoms with van der Waals surface area (Å²) in [5, 5.41) is 11.6. The quantitative estimate of drug-likeness (QED) is 0.0379. The van der Waals surface area contributed by atoms with Gasteiger partial charge in [-0.2, -0.15) is 0 Å². The van der Waals surface area contributed by atoms with Crippen LogP contribution in [0.2, 0.25) is 0 Å². The van der Waals surface area contributed by atoms with E-state index in [1.807, 2.05) is 12.1 Å². The Morgan fingerprint density at radius 3 is 2.14 bits per heavy atom. The number of ether oxygens (including phenoxy) is 5. The number of halogens is 1. The van der Waals surface area contributed by atoms with Gasteiger partial charge in [-0.25, -0.2) is 4.39 Å². The minimum absolute atomic E-state index is 0.0590. The van der Waals surface area contributed by atoms with Crippen LogP contribution in [0.5, 0.6) is 17.2 Å². The second-order valence-corrected chi connectivity index (χ2v) is 15.9. The first-order valence-corrected chi connectivity index (χ1v) is 21.5. The maximum absolute atomic E-state index is 13.3. The zero-order chi connectivity index (χ0) is 46.2. The fraction of sp³-hybridized carbons (Fsp3) is 0.312. The Bertz CT molecular complexity index is 2660. The van der Waals surface area contributed by atoms with Crippen LogP contribution in [0, 0.1) is 11.2 Å². The van der Waals surface area contributed by atoms with Gasteiger partial charge >= 0.3 is 0 Å². The van der Waals surface area contributed by atoms with E-state index in [9.17, 15) is 33.2 Å². The molecular weight excluding hydrogens is 856 g/mol. The summed E-state index contributed by atoms with van der Waals surface area (Å²) in [5.74, 6) is -1.80. The molecule has 5 aromatic rings. The van der Waals surface area contributed by atoms with Crippen LogP contribution in [-0.4, -0.2) is 98.1 Å². The van der Waals surface area contributed by atoms with Crippen LogP contribution in [-0.2, 0) is 40.0 Å². The number of amides is 6. The summed E-state index contributed by atoms with van der Waals surface area (Å²) in [6.45, 7) is 2.80. The number of hydrogen-bond acceptors (Lipinski definition) is 13. The van der Waals surface area contributed by atoms with E-state index in [0.717, 1.165) is 15.8 Å². The van der Waals surface area contributed by atoms with Crippen molar-refractivity contribution in [2.75, 3.05) is 62.6 Å². The molecule has 3 heterocycles. The smallest absolute Gasteiger partial charge is 0.262 e. The molecule has 1 atom stereocenters. The van der Waals surface area contributed by atoms with Crippen molar-refractivity contribution in [3.63, 3.8) is 0 Å². The number of pyridine rings is 1. The Morgan fingerprint density at radius 2 is 1.44 bits per heavy atom. The number of imide groups is 2. The zero-order valence-corrected chi connectivity index (χ0v) is 36.0. The van der Waals surface area contributed by atoms with Gasteiger partial charge in [0, 0.05) is 60.4 Å². The Kier molecular flexibility index (Phi) is 13.9. The standard InChI is InChI=1S/C48H47FN6O11/c1-62-41-27-37-38(51-18-15-40(37)66-34-10-7-32(8-11-34)53-47(61)48(16-17-48)46(60)52-31-5-3-30(49)4-6-31)25-29(41)28-65-24-23-64-21-2-20-63-22-19-50-33-9-12-35-36(26-33)45(59)55(44(35)58)39-13-14-42(56)54-43(39)57/h3-12,15,18,25-27,39,50H,2,13-14,16-17,19-24,28H2,1H3,(H,52,60)(H,53,61)(H,54,56,57). The van der Waals surface area contributed by atoms with Gasteiger partial charge in [0.15, 0.2) is 0 Å². The minimum Gasteiger partial charge on any atom is -0.496 e. The normalized spacial score (nSPS) is 16.2. The second-order valence-electron chi connectivity index (χ2n) is 15.9. The van der Waals surface area contributed by atoms with Crippen LogP contribution in [0.15, 0.2) is 91.1 Å². The number of rotatable bonds is 21. The van der Waals surface area contributed by atoms with Crippen molar-refractivity contribution in [1.29, 1.82) is 0 Å². The van der Waals surface area contributed by atoms with Crippen molar-refractivity contribution < 1.29 is 56.8 Å². The number of nitrogens with zero attached hydrogens (tertiary/aromatic N) is 2. The number of methoxy groups -OCH3 is 1. The molecule has 0 spiro atoms. The molecule has 18 heteroatoms. The van der Waals surface area contributed by atoms with Crippen LogP contribution in [0.3, 0.4) is 0 Å². The van der Waals surface area contributed by atoms with Crippen molar-refractivity contribution in [3.05, 3.63) is 114 Å². The van der Waals surface area contributed by atoms with Crippen LogP contribution in [0.1, 0.15) is 58.4 Å². The Balaban J connectivity index is 0.721. The van der Waals surface area contributed by atoms with Gasteiger partial charge in [0.05, 0.1) is 50.2 Å². The predicted molar refractivity (Wildman–Crippen MR) is 238 cm³/mol. The van der Waals surface area contributed by atoms with Crippen LogP contribution in [0.25, 0.3) is 10.9 Å². The van der Waals surface area contributed by atoms with Gasteiger partial charge in [-0.15, -0.1) is 0 Å². The summed E-state index contributed by atoms with van der Waals surface area (Å²) in [6, 6.07) is 21.5. The van der Waals surface area contributed by atoms with E-state index in [4.69, 9.17) is 23.7 Å². The van der Waals surface area contributed by atoms with Crippen LogP contribution >= 0.6 is 0 Å². The highest BCUT2D eigenvalue weighted by atomic mass is 19.1. The summed E-state index contributed by atoms with van der Waals surface area (Å²) in [6.07, 6.45) is 3.29. The average molecular weight is 903 g/mol. The summed E-state index contributed by atoms with van der Waals surface area (Å²) < 4.78 is 42.5. The van der Waals surface area contributed by atoms with Gasteiger partial charge in [0.25, 0.3) is 11.8 Å². The first kappa shape index (κ1) is 45.3. The molecule has 1 unspecified atom stereocenters. The molecule has 2 fully saturated rings. The highest BCUT2D eigenvalue weighted by Gasteiger charge is 2.56. The molecule has 4 N–H and O–H groups in total. The Hall–Kier alpha value is -7.28. The number of hydrogen-bond donors (Lipinski definition) is 4. The van der Waals surface area contributed by atoms with E-state index >= 15 is 0 Å². The first-order valence-electron chi connectivity index (χ1n) is 21.5. The van der Waals surface area contributed by atoms with Gasteiger partial charge in [0.2, 0.25) is 23.6 Å². The molecule has 0 radical (unpaired) electrons. The molecule has 0 bridgehead atoms. The molecule has 1 aromatic heterocycles. The van der Waals surface area contributed by atoms with Gasteiger partial charge in [-0.1, -0.05) is 0 Å². The largest absolute Gasteiger partial charge is 0.496 e. The predicted octanol–water partition coefficient (Wildman–Crippen LogP) is 5.99. The second kappa shape index (κ2) is 20.3. The molecule has 3 aliphatic rings. The molecule has 66 heavy (non-hydrogen) atoms. The fourth-order valence-electron chi connectivity index (χ4n) is 7.65. The topological polar surface area (TPSA) is 213 Å². The molecule has 342 valence electrons. The van der Waals surface area contributed by atoms with Gasteiger partial charge in [-0.05, 0) is 111 Å². The molecule has 4 aromatic carbocycles. The average Bonchev–Trinajstić information content (AvgIpc) is 4.10. The van der Waals surface area contributed by atoms with E-state index in [-0.39, 0.29) is 30.6 Å². The number of aromatic nitrogens is 1. The number of carbonyl (C=O) groups is 6. The lowest BCUT2D eigenvalue weighted by Crippen LogP contribution is -2.54. The maximum atomic E-state index is 13.3. The monoisotopic (exact) mass is 902 g/mol. The molecule has 1 saturated carbocycles. The number of benzene rings is 4. The molecule has 2 aliphatic heterocycles. The van der Waals surface area contributed by atoms with Crippen molar-refractivity contribution in [2.24, 2.45) is 5.41 Å². The fourth-order valence-corrected chi connectivity index (χ4v) is 7.65. The van der Waals surface area contributed by atoms with Gasteiger partial charge in [-0.3, -0.25) is 44.0 Å². The van der Waals surface area contributed by atoms with E-state index < -0.39 is 52.7 Å². The molecule has 8 rings (SSSR count). The minimum atomic E-state index is -1.19. The van der Waals surface area contributed by atoms with Crippen molar-refractivity contribution in [3.8, 4) is 17.2 Å². The zero-order valence-electron chi connectivity index (χ0n) is 36.0. The Morgan fingerprint density at radius 1 is 0.773 bits per heavy atom. The van der Waals surface area contributed by atoms with Crippen molar-refractivity contribution in [1.82, 2.24) is 15.2 Å². The summed E-state index contributed by atoms with van der Waals surface area (Å²) in [5.41, 5.74) is 2.26. The van der Waals surface area contributed by atoms with Crippen molar-refractivity contribution in [2.45, 2.75) is 44.8 Å². The molecule has 1 saturated heterocycles. The number of anilines is 3. The van der Waals surface area contributed by atoms with E-state index in [2.05, 4.69) is 26.3 Å². The summed E-state index contributed by atoms with van der Waals surface area (Å²) >= 11 is 0. The first-order chi connectivity index (χ1) is 32.0. The number of nitrogens with one attached hydrogen (secondary N) is 4. The third-order valence-electron chi connectivity index (χ3n) is 11.4. The van der Waals surface area contributed by atoms with E-state index in [0.29, 0.717) is 98.7 Å². The number of fused-ring (bicyclic) bond motifs is 2. The third kappa shape index (κ3) is 10.3. The van der Waals surface area contributed by atoms with Crippen LogP contribution in [0.4, 0.5) is 21.5 Å². The molecular formula is C48H47FN6O11. The highest BCUT2D eigenvalue weighted by Crippen LogP contribution is 2.47. The molecule has 17 nitrogen and oxygen atoms in total. The summed E-state index contributed by atoms with van der Waals surface area (Å²) in [4.78, 5) is 81.4. The van der Waals surface area contributed by atoms with E-state index in [1.165, 1.54) is 24.3 Å².